The molecule has 0 aliphatic heterocycles. The van der Waals surface area contributed by atoms with Gasteiger partial charge in [0.05, 0.1) is 6.10 Å². The molecule has 1 N–H and O–H groups in total. The van der Waals surface area contributed by atoms with E-state index in [9.17, 15) is 5.11 Å². The largest absolute Gasteiger partial charge is 0.387 e. The fourth-order valence-corrected chi connectivity index (χ4v) is 3.59. The molecule has 3 rings (SSSR count). The molecule has 0 radical (unpaired) electrons. The number of halogens is 2. The summed E-state index contributed by atoms with van der Waals surface area (Å²) in [4.78, 5) is 2.22. The van der Waals surface area contributed by atoms with Crippen molar-refractivity contribution >= 4 is 44.7 Å². The molecule has 0 fully saturated rings. The number of rotatable bonds is 5. The first kappa shape index (κ1) is 17.5. The van der Waals surface area contributed by atoms with Crippen LogP contribution in [0.3, 0.4) is 0 Å². The van der Waals surface area contributed by atoms with Gasteiger partial charge in [0.1, 0.15) is 0 Å². The third-order valence-corrected chi connectivity index (χ3v) is 5.06. The Morgan fingerprint density at radius 2 is 1.50 bits per heavy atom. The van der Waals surface area contributed by atoms with Gasteiger partial charge in [-0.3, -0.25) is 0 Å². The van der Waals surface area contributed by atoms with Crippen molar-refractivity contribution in [1.82, 2.24) is 4.90 Å². The van der Waals surface area contributed by atoms with Crippen LogP contribution in [0.2, 0.25) is 10.0 Å². The van der Waals surface area contributed by atoms with Crippen LogP contribution in [-0.2, 0) is 0 Å². The molecule has 0 aliphatic carbocycles. The van der Waals surface area contributed by atoms with Gasteiger partial charge in [-0.2, -0.15) is 0 Å². The van der Waals surface area contributed by atoms with E-state index in [1.807, 2.05) is 42.5 Å². The average molecular weight is 362 g/mol. The lowest BCUT2D eigenvalue weighted by Crippen LogP contribution is -2.28. The van der Waals surface area contributed by atoms with Crippen molar-refractivity contribution in [3.8, 4) is 0 Å². The van der Waals surface area contributed by atoms with Gasteiger partial charge in [0.2, 0.25) is 0 Å². The Morgan fingerprint density at radius 3 is 2.17 bits per heavy atom. The van der Waals surface area contributed by atoms with Gasteiger partial charge in [0, 0.05) is 16.6 Å². The van der Waals surface area contributed by atoms with Gasteiger partial charge in [-0.05, 0) is 70.5 Å². The molecule has 0 spiro atoms. The number of aliphatic hydroxyl groups is 1. The highest BCUT2D eigenvalue weighted by Crippen LogP contribution is 2.35. The number of benzene rings is 3. The Bertz CT molecular complexity index is 874. The predicted molar refractivity (Wildman–Crippen MR) is 104 cm³/mol. The van der Waals surface area contributed by atoms with Crippen LogP contribution >= 0.6 is 23.2 Å². The molecule has 0 amide bonds. The van der Waals surface area contributed by atoms with Gasteiger partial charge in [-0.1, -0.05) is 49.2 Å². The van der Waals surface area contributed by atoms with E-state index in [1.165, 1.54) is 0 Å². The molecule has 0 aromatic heterocycles. The number of aliphatic hydroxyl groups excluding tert-OH is 1. The molecule has 126 valence electrons. The molecule has 3 aromatic rings. The zero-order chi connectivity index (χ0) is 17.3. The maximum absolute atomic E-state index is 10.8. The lowest BCUT2D eigenvalue weighted by molar-refractivity contribution is 0.120. The topological polar surface area (TPSA) is 23.5 Å². The molecule has 0 saturated heterocycles. The Kier molecular flexibility index (Phi) is 5.31. The lowest BCUT2D eigenvalue weighted by atomic mass is 9.94. The van der Waals surface area contributed by atoms with Crippen LogP contribution in [0.4, 0.5) is 0 Å². The van der Waals surface area contributed by atoms with E-state index in [2.05, 4.69) is 18.7 Å². The summed E-state index contributed by atoms with van der Waals surface area (Å²) < 4.78 is 0. The summed E-state index contributed by atoms with van der Waals surface area (Å²) in [5, 5.41) is 16.4. The van der Waals surface area contributed by atoms with Gasteiger partial charge in [-0.15, -0.1) is 0 Å². The van der Waals surface area contributed by atoms with E-state index < -0.39 is 6.10 Å². The minimum absolute atomic E-state index is 0.558. The number of likely N-dealkylation sites (N-methyl/N-ethyl adjacent to an activating group) is 1. The first-order valence-corrected chi connectivity index (χ1v) is 9.01. The Morgan fingerprint density at radius 1 is 0.875 bits per heavy atom. The Labute approximate surface area is 152 Å². The molecular weight excluding hydrogens is 341 g/mol. The summed E-state index contributed by atoms with van der Waals surface area (Å²) in [6.07, 6.45) is -0.558. The number of fused-ring (bicyclic) bond motifs is 3. The van der Waals surface area contributed by atoms with Crippen molar-refractivity contribution in [2.75, 3.05) is 19.6 Å². The second-order valence-corrected chi connectivity index (χ2v) is 6.90. The highest BCUT2D eigenvalue weighted by atomic mass is 35.5. The summed E-state index contributed by atoms with van der Waals surface area (Å²) in [6.45, 7) is 6.65. The van der Waals surface area contributed by atoms with E-state index in [-0.39, 0.29) is 0 Å². The van der Waals surface area contributed by atoms with Crippen LogP contribution in [0, 0.1) is 0 Å². The Hall–Kier alpha value is -1.32. The SMILES string of the molecule is CCN(CC)CC(O)c1cc2cc(Cl)ccc2c2cc(Cl)ccc12. The van der Waals surface area contributed by atoms with E-state index in [0.717, 1.165) is 40.2 Å². The summed E-state index contributed by atoms with van der Waals surface area (Å²) in [7, 11) is 0. The van der Waals surface area contributed by atoms with Crippen LogP contribution in [0.25, 0.3) is 21.5 Å². The molecule has 0 heterocycles. The molecule has 0 saturated carbocycles. The monoisotopic (exact) mass is 361 g/mol. The molecule has 0 aliphatic rings. The fourth-order valence-electron chi connectivity index (χ4n) is 3.24. The number of nitrogens with zero attached hydrogens (tertiary/aromatic N) is 1. The highest BCUT2D eigenvalue weighted by molar-refractivity contribution is 6.33. The molecule has 3 aromatic carbocycles. The van der Waals surface area contributed by atoms with Crippen LogP contribution in [0.15, 0.2) is 42.5 Å². The molecule has 1 unspecified atom stereocenters. The minimum Gasteiger partial charge on any atom is -0.387 e. The maximum atomic E-state index is 10.8. The first-order chi connectivity index (χ1) is 11.5. The molecule has 4 heteroatoms. The summed E-state index contributed by atoms with van der Waals surface area (Å²) >= 11 is 12.4. The second-order valence-electron chi connectivity index (χ2n) is 6.02. The van der Waals surface area contributed by atoms with E-state index in [4.69, 9.17) is 23.2 Å². The average Bonchev–Trinajstić information content (AvgIpc) is 2.58. The fraction of sp³-hybridized carbons (Fsp3) is 0.300. The van der Waals surface area contributed by atoms with E-state index >= 15 is 0 Å². The standard InChI is InChI=1S/C20H21Cl2NO/c1-3-23(4-2)12-20(24)19-10-13-9-14(21)5-7-16(13)18-11-15(22)6-8-17(18)19/h5-11,20,24H,3-4,12H2,1-2H3. The van der Waals surface area contributed by atoms with Gasteiger partial charge in [0.15, 0.2) is 0 Å². The van der Waals surface area contributed by atoms with Crippen molar-refractivity contribution in [2.24, 2.45) is 0 Å². The van der Waals surface area contributed by atoms with Crippen LogP contribution in [0.1, 0.15) is 25.5 Å². The van der Waals surface area contributed by atoms with Crippen molar-refractivity contribution < 1.29 is 5.11 Å². The molecule has 0 bridgehead atoms. The van der Waals surface area contributed by atoms with Crippen molar-refractivity contribution in [3.05, 3.63) is 58.1 Å². The van der Waals surface area contributed by atoms with Gasteiger partial charge >= 0.3 is 0 Å². The lowest BCUT2D eigenvalue weighted by Gasteiger charge is -2.23. The second kappa shape index (κ2) is 7.28. The predicted octanol–water partition coefficient (Wildman–Crippen LogP) is 5.68. The summed E-state index contributed by atoms with van der Waals surface area (Å²) in [5.74, 6) is 0. The normalized spacial score (nSPS) is 13.1. The number of hydrogen-bond acceptors (Lipinski definition) is 2. The van der Waals surface area contributed by atoms with E-state index in [0.29, 0.717) is 16.6 Å². The molecule has 24 heavy (non-hydrogen) atoms. The van der Waals surface area contributed by atoms with Crippen LogP contribution in [-0.4, -0.2) is 29.6 Å². The highest BCUT2D eigenvalue weighted by Gasteiger charge is 2.16. The quantitative estimate of drug-likeness (QED) is 0.591. The molecule has 1 atom stereocenters. The molecular formula is C20H21Cl2NO. The molecule has 2 nitrogen and oxygen atoms in total. The summed E-state index contributed by atoms with van der Waals surface area (Å²) in [5.41, 5.74) is 0.920. The van der Waals surface area contributed by atoms with Crippen LogP contribution < -0.4 is 0 Å². The van der Waals surface area contributed by atoms with Gasteiger partial charge in [-0.25, -0.2) is 0 Å². The number of hydrogen-bond donors (Lipinski definition) is 1. The smallest absolute Gasteiger partial charge is 0.0923 e. The Balaban J connectivity index is 2.21. The van der Waals surface area contributed by atoms with Crippen molar-refractivity contribution in [3.63, 3.8) is 0 Å². The zero-order valence-corrected chi connectivity index (χ0v) is 15.4. The minimum atomic E-state index is -0.558. The van der Waals surface area contributed by atoms with Gasteiger partial charge < -0.3 is 10.0 Å². The van der Waals surface area contributed by atoms with Crippen molar-refractivity contribution in [2.45, 2.75) is 20.0 Å². The third kappa shape index (κ3) is 3.38. The first-order valence-electron chi connectivity index (χ1n) is 8.25. The van der Waals surface area contributed by atoms with Crippen LogP contribution in [0.5, 0.6) is 0 Å². The third-order valence-electron chi connectivity index (χ3n) is 4.59. The van der Waals surface area contributed by atoms with Crippen molar-refractivity contribution in [1.29, 1.82) is 0 Å². The zero-order valence-electron chi connectivity index (χ0n) is 13.9. The van der Waals surface area contributed by atoms with Gasteiger partial charge in [0.25, 0.3) is 0 Å². The maximum Gasteiger partial charge on any atom is 0.0923 e. The summed E-state index contributed by atoms with van der Waals surface area (Å²) in [6, 6.07) is 13.7. The van der Waals surface area contributed by atoms with E-state index in [1.54, 1.807) is 0 Å².